The summed E-state index contributed by atoms with van der Waals surface area (Å²) in [4.78, 5) is 26.8. The van der Waals surface area contributed by atoms with Crippen molar-refractivity contribution in [2.45, 2.75) is 65.6 Å². The van der Waals surface area contributed by atoms with E-state index in [0.717, 1.165) is 25.7 Å². The fourth-order valence-corrected chi connectivity index (χ4v) is 7.21. The molecule has 2 aliphatic carbocycles. The molecule has 0 amide bonds. The Morgan fingerprint density at radius 1 is 1.23 bits per heavy atom. The summed E-state index contributed by atoms with van der Waals surface area (Å²) in [5, 5.41) is 11.1. The number of hydrogen-bond acceptors (Lipinski definition) is 7. The molecule has 2 aromatic rings. The standard InChI is InChI=1S/C29H31BrCl2O7/c1-13(2)9-18(33)16-7-8-19-20(24(16)36-4)27(34)37-12-17-22(31)21(30)23(32)26(25(17)38-19)39-28(35)29(3)11-14-5-6-15(29)10-14/h7-8,13-15,18,33H,5-6,9-12H2,1-4H3. The fourth-order valence-electron chi connectivity index (χ4n) is 6.29. The normalized spacial score (nSPS) is 24.3. The summed E-state index contributed by atoms with van der Waals surface area (Å²) in [6, 6.07) is 3.20. The molecule has 10 heteroatoms. The Bertz CT molecular complexity index is 1340. The number of esters is 2. The minimum atomic E-state index is -0.866. The first-order valence-electron chi connectivity index (χ1n) is 13.1. The second-order valence-electron chi connectivity index (χ2n) is 11.4. The SMILES string of the molecule is COc1c(C(O)CC(C)C)ccc2c1C(=O)OCc1c(Cl)c(Br)c(Cl)c(OC(=O)C3(C)CC4CCC3C4)c1O2. The van der Waals surface area contributed by atoms with Gasteiger partial charge in [0.15, 0.2) is 11.5 Å². The molecule has 2 aromatic carbocycles. The van der Waals surface area contributed by atoms with Crippen molar-refractivity contribution in [3.05, 3.63) is 43.3 Å². The van der Waals surface area contributed by atoms with Gasteiger partial charge in [-0.15, -0.1) is 0 Å². The van der Waals surface area contributed by atoms with Gasteiger partial charge in [-0.05, 0) is 78.4 Å². The maximum Gasteiger partial charge on any atom is 0.346 e. The molecular weight excluding hydrogens is 611 g/mol. The van der Waals surface area contributed by atoms with E-state index in [2.05, 4.69) is 15.9 Å². The van der Waals surface area contributed by atoms with Crippen LogP contribution in [-0.2, 0) is 16.1 Å². The largest absolute Gasteiger partial charge is 0.495 e. The molecule has 1 N–H and O–H groups in total. The number of methoxy groups -OCH3 is 1. The van der Waals surface area contributed by atoms with Crippen molar-refractivity contribution in [3.8, 4) is 23.0 Å². The highest BCUT2D eigenvalue weighted by atomic mass is 79.9. The van der Waals surface area contributed by atoms with Gasteiger partial charge >= 0.3 is 11.9 Å². The van der Waals surface area contributed by atoms with Crippen LogP contribution < -0.4 is 14.2 Å². The lowest BCUT2D eigenvalue weighted by Crippen LogP contribution is -2.37. The smallest absolute Gasteiger partial charge is 0.346 e. The summed E-state index contributed by atoms with van der Waals surface area (Å²) in [6.07, 6.45) is 3.52. The van der Waals surface area contributed by atoms with Gasteiger partial charge in [0.2, 0.25) is 0 Å². The zero-order valence-corrected chi connectivity index (χ0v) is 25.3. The van der Waals surface area contributed by atoms with Crippen LogP contribution in [0.1, 0.15) is 80.5 Å². The van der Waals surface area contributed by atoms with Crippen molar-refractivity contribution in [1.29, 1.82) is 0 Å². The van der Waals surface area contributed by atoms with Crippen molar-refractivity contribution in [1.82, 2.24) is 0 Å². The Morgan fingerprint density at radius 3 is 2.59 bits per heavy atom. The van der Waals surface area contributed by atoms with Crippen molar-refractivity contribution in [2.24, 2.45) is 23.2 Å². The molecule has 7 nitrogen and oxygen atoms in total. The molecule has 0 spiro atoms. The zero-order valence-electron chi connectivity index (χ0n) is 22.2. The molecule has 3 aliphatic rings. The number of halogens is 3. The Morgan fingerprint density at radius 2 is 1.97 bits per heavy atom. The zero-order chi connectivity index (χ0) is 28.2. The summed E-state index contributed by atoms with van der Waals surface area (Å²) in [5.41, 5.74) is 0.128. The topological polar surface area (TPSA) is 91.3 Å². The van der Waals surface area contributed by atoms with E-state index >= 15 is 0 Å². The molecular formula is C29H31BrCl2O7. The molecule has 1 aliphatic heterocycles. The summed E-state index contributed by atoms with van der Waals surface area (Å²) >= 11 is 16.7. The number of fused-ring (bicyclic) bond motifs is 4. The average Bonchev–Trinajstić information content (AvgIpc) is 3.48. The van der Waals surface area contributed by atoms with Crippen LogP contribution in [0.3, 0.4) is 0 Å². The van der Waals surface area contributed by atoms with E-state index in [1.54, 1.807) is 12.1 Å². The van der Waals surface area contributed by atoms with E-state index in [1.807, 2.05) is 20.8 Å². The number of benzene rings is 2. The number of aliphatic hydroxyl groups excluding tert-OH is 1. The predicted molar refractivity (Wildman–Crippen MR) is 150 cm³/mol. The Kier molecular flexibility index (Phi) is 7.88. The number of carbonyl (C=O) groups is 2. The van der Waals surface area contributed by atoms with Crippen LogP contribution in [0.4, 0.5) is 0 Å². The lowest BCUT2D eigenvalue weighted by Gasteiger charge is -2.32. The summed E-state index contributed by atoms with van der Waals surface area (Å²) in [5.74, 6) is 0.237. The molecule has 1 heterocycles. The predicted octanol–water partition coefficient (Wildman–Crippen LogP) is 8.04. The van der Waals surface area contributed by atoms with E-state index in [1.165, 1.54) is 7.11 Å². The first-order chi connectivity index (χ1) is 18.5. The molecule has 2 saturated carbocycles. The van der Waals surface area contributed by atoms with Gasteiger partial charge in [0.1, 0.15) is 28.7 Å². The monoisotopic (exact) mass is 640 g/mol. The lowest BCUT2D eigenvalue weighted by molar-refractivity contribution is -0.148. The highest BCUT2D eigenvalue weighted by Gasteiger charge is 2.54. The third-order valence-corrected chi connectivity index (χ3v) is 10.3. The van der Waals surface area contributed by atoms with Gasteiger partial charge in [-0.25, -0.2) is 4.79 Å². The first-order valence-corrected chi connectivity index (χ1v) is 14.7. The number of cyclic esters (lactones) is 1. The molecule has 5 rings (SSSR count). The Labute approximate surface area is 246 Å². The van der Waals surface area contributed by atoms with E-state index in [4.69, 9.17) is 42.1 Å². The molecule has 0 aromatic heterocycles. The van der Waals surface area contributed by atoms with Gasteiger partial charge in [-0.3, -0.25) is 4.79 Å². The Balaban J connectivity index is 1.60. The second kappa shape index (κ2) is 10.8. The quantitative estimate of drug-likeness (QED) is 0.194. The average molecular weight is 642 g/mol. The highest BCUT2D eigenvalue weighted by Crippen LogP contribution is 2.58. The first kappa shape index (κ1) is 28.5. The summed E-state index contributed by atoms with van der Waals surface area (Å²) in [7, 11) is 1.41. The Hall–Kier alpha value is -2.00. The van der Waals surface area contributed by atoms with Crippen molar-refractivity contribution >= 4 is 51.1 Å². The van der Waals surface area contributed by atoms with Gasteiger partial charge in [0.25, 0.3) is 0 Å². The molecule has 2 fully saturated rings. The second-order valence-corrected chi connectivity index (χ2v) is 12.9. The van der Waals surface area contributed by atoms with Crippen LogP contribution >= 0.6 is 39.1 Å². The number of ether oxygens (including phenoxy) is 4. The van der Waals surface area contributed by atoms with Crippen molar-refractivity contribution in [2.75, 3.05) is 7.11 Å². The number of aliphatic hydroxyl groups is 1. The van der Waals surface area contributed by atoms with Crippen LogP contribution in [0.15, 0.2) is 16.6 Å². The summed E-state index contributed by atoms with van der Waals surface area (Å²) < 4.78 is 23.8. The van der Waals surface area contributed by atoms with Crippen molar-refractivity contribution < 1.29 is 33.6 Å². The van der Waals surface area contributed by atoms with E-state index in [-0.39, 0.29) is 63.0 Å². The maximum atomic E-state index is 13.6. The third-order valence-electron chi connectivity index (χ3n) is 8.32. The number of carbonyl (C=O) groups excluding carboxylic acids is 2. The van der Waals surface area contributed by atoms with Crippen LogP contribution in [0.2, 0.25) is 10.0 Å². The number of rotatable bonds is 6. The minimum absolute atomic E-state index is 0.00345. The summed E-state index contributed by atoms with van der Waals surface area (Å²) in [6.45, 7) is 5.66. The fraction of sp³-hybridized carbons (Fsp3) is 0.517. The highest BCUT2D eigenvalue weighted by molar-refractivity contribution is 9.10. The van der Waals surface area contributed by atoms with Crippen LogP contribution in [0.25, 0.3) is 0 Å². The van der Waals surface area contributed by atoms with E-state index < -0.39 is 17.5 Å². The third kappa shape index (κ3) is 4.92. The minimum Gasteiger partial charge on any atom is -0.495 e. The van der Waals surface area contributed by atoms with Gasteiger partial charge < -0.3 is 24.1 Å². The van der Waals surface area contributed by atoms with Crippen molar-refractivity contribution in [3.63, 3.8) is 0 Å². The molecule has 4 unspecified atom stereocenters. The molecule has 0 radical (unpaired) electrons. The van der Waals surface area contributed by atoms with Crippen LogP contribution in [-0.4, -0.2) is 24.2 Å². The van der Waals surface area contributed by atoms with Crippen LogP contribution in [0, 0.1) is 23.2 Å². The molecule has 39 heavy (non-hydrogen) atoms. The molecule has 210 valence electrons. The van der Waals surface area contributed by atoms with E-state index in [0.29, 0.717) is 27.9 Å². The van der Waals surface area contributed by atoms with Crippen LogP contribution in [0.5, 0.6) is 23.0 Å². The van der Waals surface area contributed by atoms with Gasteiger partial charge in [0.05, 0.1) is 33.7 Å². The van der Waals surface area contributed by atoms with Gasteiger partial charge in [-0.2, -0.15) is 0 Å². The van der Waals surface area contributed by atoms with Gasteiger partial charge in [-0.1, -0.05) is 43.5 Å². The number of hydrogen-bond donors (Lipinski definition) is 1. The lowest BCUT2D eigenvalue weighted by atomic mass is 9.75. The van der Waals surface area contributed by atoms with Gasteiger partial charge in [0, 0.05) is 5.56 Å². The molecule has 2 bridgehead atoms. The molecule has 0 saturated heterocycles. The molecule has 4 atom stereocenters. The van der Waals surface area contributed by atoms with E-state index in [9.17, 15) is 14.7 Å². The maximum absolute atomic E-state index is 13.6.